The van der Waals surface area contributed by atoms with E-state index in [1.165, 1.54) is 0 Å². The number of hydrogen-bond donors (Lipinski definition) is 2. The van der Waals surface area contributed by atoms with Gasteiger partial charge in [0.1, 0.15) is 11.9 Å². The van der Waals surface area contributed by atoms with Crippen LogP contribution in [0.25, 0.3) is 11.2 Å². The van der Waals surface area contributed by atoms with Crippen molar-refractivity contribution >= 4 is 22.7 Å². The van der Waals surface area contributed by atoms with E-state index in [1.807, 2.05) is 13.0 Å². The van der Waals surface area contributed by atoms with E-state index in [2.05, 4.69) is 38.6 Å². The molecule has 28 heavy (non-hydrogen) atoms. The molecule has 1 aliphatic heterocycles. The van der Waals surface area contributed by atoms with Gasteiger partial charge in [-0.3, -0.25) is 0 Å². The van der Waals surface area contributed by atoms with Gasteiger partial charge in [0.05, 0.1) is 17.9 Å². The Hall–Kier alpha value is -3.25. The van der Waals surface area contributed by atoms with Gasteiger partial charge in [0.25, 0.3) is 0 Å². The minimum atomic E-state index is 0.0420. The lowest BCUT2D eigenvalue weighted by Gasteiger charge is -2.22. The van der Waals surface area contributed by atoms with E-state index in [0.29, 0.717) is 47.8 Å². The zero-order valence-corrected chi connectivity index (χ0v) is 15.8. The first kappa shape index (κ1) is 18.1. The number of nitrogens with zero attached hydrogens (tertiary/aromatic N) is 5. The number of nitrogens with two attached hydrogens (primary N) is 1. The van der Waals surface area contributed by atoms with E-state index < -0.39 is 0 Å². The first-order valence-corrected chi connectivity index (χ1v) is 9.08. The molecule has 0 amide bonds. The highest BCUT2D eigenvalue weighted by Crippen LogP contribution is 2.29. The van der Waals surface area contributed by atoms with Crippen LogP contribution in [0.1, 0.15) is 35.9 Å². The summed E-state index contributed by atoms with van der Waals surface area (Å²) in [7, 11) is 0. The van der Waals surface area contributed by atoms with Gasteiger partial charge in [-0.25, -0.2) is 14.6 Å². The van der Waals surface area contributed by atoms with Gasteiger partial charge in [0.15, 0.2) is 5.52 Å². The summed E-state index contributed by atoms with van der Waals surface area (Å²) in [6.07, 6.45) is 1.45. The minimum absolute atomic E-state index is 0.0420. The van der Waals surface area contributed by atoms with Crippen LogP contribution in [0, 0.1) is 23.7 Å². The van der Waals surface area contributed by atoms with Crippen molar-refractivity contribution in [2.45, 2.75) is 26.7 Å². The zero-order valence-electron chi connectivity index (χ0n) is 15.8. The molecule has 1 unspecified atom stereocenters. The second-order valence-corrected chi connectivity index (χ2v) is 7.48. The summed E-state index contributed by atoms with van der Waals surface area (Å²) in [5.41, 5.74) is 10.5. The van der Waals surface area contributed by atoms with Crippen molar-refractivity contribution in [2.75, 3.05) is 30.8 Å². The van der Waals surface area contributed by atoms with Crippen molar-refractivity contribution in [1.82, 2.24) is 20.3 Å². The van der Waals surface area contributed by atoms with Crippen LogP contribution in [0.2, 0.25) is 0 Å². The molecule has 1 atom stereocenters. The molecule has 9 heteroatoms. The largest absolute Gasteiger partial charge is 0.396 e. The number of rotatable bonds is 5. The number of ether oxygens (including phenoxy) is 1. The van der Waals surface area contributed by atoms with Gasteiger partial charge < -0.3 is 15.8 Å². The predicted molar refractivity (Wildman–Crippen MR) is 103 cm³/mol. The quantitative estimate of drug-likeness (QED) is 0.683. The van der Waals surface area contributed by atoms with Crippen LogP contribution in [0.15, 0.2) is 16.8 Å². The smallest absolute Gasteiger partial charge is 0.226 e. The molecule has 4 rings (SSSR count). The molecule has 0 spiro atoms. The van der Waals surface area contributed by atoms with Crippen LogP contribution in [-0.4, -0.2) is 40.0 Å². The lowest BCUT2D eigenvalue weighted by molar-refractivity contribution is 0.164. The lowest BCUT2D eigenvalue weighted by atomic mass is 9.90. The highest BCUT2D eigenvalue weighted by atomic mass is 16.6. The molecule has 144 valence electrons. The number of aryl methyl sites for hydroxylation is 1. The molecule has 1 saturated heterocycles. The Kier molecular flexibility index (Phi) is 4.57. The van der Waals surface area contributed by atoms with Gasteiger partial charge >= 0.3 is 0 Å². The molecule has 1 aliphatic rings. The van der Waals surface area contributed by atoms with Crippen LogP contribution < -0.4 is 11.1 Å². The van der Waals surface area contributed by atoms with E-state index in [1.54, 1.807) is 6.07 Å². The molecule has 4 heterocycles. The van der Waals surface area contributed by atoms with E-state index in [0.717, 1.165) is 30.0 Å². The van der Waals surface area contributed by atoms with Crippen molar-refractivity contribution in [3.63, 3.8) is 0 Å². The summed E-state index contributed by atoms with van der Waals surface area (Å²) in [5.74, 6) is 0.571. The van der Waals surface area contributed by atoms with Crippen molar-refractivity contribution in [1.29, 1.82) is 5.26 Å². The Bertz CT molecular complexity index is 1060. The van der Waals surface area contributed by atoms with E-state index in [-0.39, 0.29) is 5.41 Å². The molecular formula is C19H21N7O2. The van der Waals surface area contributed by atoms with E-state index >= 15 is 0 Å². The Morgan fingerprint density at radius 3 is 2.93 bits per heavy atom. The molecule has 0 radical (unpaired) electrons. The third-order valence-corrected chi connectivity index (χ3v) is 5.18. The van der Waals surface area contributed by atoms with Gasteiger partial charge in [-0.05, 0) is 35.8 Å². The fourth-order valence-electron chi connectivity index (χ4n) is 3.36. The highest BCUT2D eigenvalue weighted by Gasteiger charge is 2.29. The normalized spacial score (nSPS) is 19.0. The maximum Gasteiger partial charge on any atom is 0.226 e. The van der Waals surface area contributed by atoms with Gasteiger partial charge in [0.2, 0.25) is 5.65 Å². The fraction of sp³-hybridized carbons (Fsp3) is 0.421. The number of aromatic nitrogens is 4. The summed E-state index contributed by atoms with van der Waals surface area (Å²) >= 11 is 0. The maximum absolute atomic E-state index is 9.43. The Labute approximate surface area is 161 Å². The van der Waals surface area contributed by atoms with Gasteiger partial charge in [-0.15, -0.1) is 0 Å². The van der Waals surface area contributed by atoms with E-state index in [4.69, 9.17) is 15.1 Å². The number of anilines is 2. The first-order chi connectivity index (χ1) is 13.5. The molecule has 3 aromatic rings. The Morgan fingerprint density at radius 2 is 2.18 bits per heavy atom. The molecule has 0 aromatic carbocycles. The fourth-order valence-corrected chi connectivity index (χ4v) is 3.36. The average molecular weight is 379 g/mol. The Balaban J connectivity index is 1.61. The molecule has 9 nitrogen and oxygen atoms in total. The topological polar surface area (TPSA) is 136 Å². The number of nitrogen functional groups attached to an aromatic ring is 1. The second kappa shape index (κ2) is 7.05. The van der Waals surface area contributed by atoms with E-state index in [9.17, 15) is 5.26 Å². The molecule has 3 N–H and O–H groups in total. The molecule has 0 aliphatic carbocycles. The molecule has 0 saturated carbocycles. The summed E-state index contributed by atoms with van der Waals surface area (Å²) in [6.45, 7) is 6.19. The van der Waals surface area contributed by atoms with Crippen molar-refractivity contribution in [3.8, 4) is 6.07 Å². The van der Waals surface area contributed by atoms with Crippen LogP contribution in [0.4, 0.5) is 11.5 Å². The summed E-state index contributed by atoms with van der Waals surface area (Å²) < 4.78 is 10.2. The molecular weight excluding hydrogens is 358 g/mol. The summed E-state index contributed by atoms with van der Waals surface area (Å²) in [6, 6.07) is 5.79. The summed E-state index contributed by atoms with van der Waals surface area (Å²) in [4.78, 5) is 9.05. The van der Waals surface area contributed by atoms with Crippen LogP contribution in [0.3, 0.4) is 0 Å². The number of hydrogen-bond acceptors (Lipinski definition) is 9. The monoisotopic (exact) mass is 379 g/mol. The number of nitriles is 1. The molecule has 0 bridgehead atoms. The predicted octanol–water partition coefficient (Wildman–Crippen LogP) is 2.20. The molecule has 1 fully saturated rings. The second-order valence-electron chi connectivity index (χ2n) is 7.48. The SMILES string of the molecule is Cc1nc2nonc2c(N)c1Cc1ccc(C#N)c(NCC2(C)CCOC2)n1. The lowest BCUT2D eigenvalue weighted by Crippen LogP contribution is -2.27. The summed E-state index contributed by atoms with van der Waals surface area (Å²) in [5, 5.41) is 20.3. The maximum atomic E-state index is 9.43. The number of nitrogens with one attached hydrogen (secondary N) is 1. The average Bonchev–Trinajstić information content (AvgIpc) is 3.33. The van der Waals surface area contributed by atoms with Gasteiger partial charge in [-0.2, -0.15) is 5.26 Å². The third kappa shape index (κ3) is 3.34. The highest BCUT2D eigenvalue weighted by molar-refractivity contribution is 5.85. The van der Waals surface area contributed by atoms with Gasteiger partial charge in [-0.1, -0.05) is 6.92 Å². The first-order valence-electron chi connectivity index (χ1n) is 9.08. The van der Waals surface area contributed by atoms with Crippen molar-refractivity contribution < 1.29 is 9.37 Å². The van der Waals surface area contributed by atoms with Gasteiger partial charge in [0, 0.05) is 41.9 Å². The Morgan fingerprint density at radius 1 is 1.32 bits per heavy atom. The number of pyridine rings is 2. The molecule has 3 aromatic heterocycles. The zero-order chi connectivity index (χ0) is 19.7. The van der Waals surface area contributed by atoms with Crippen LogP contribution in [-0.2, 0) is 11.2 Å². The third-order valence-electron chi connectivity index (χ3n) is 5.18. The minimum Gasteiger partial charge on any atom is -0.396 e. The van der Waals surface area contributed by atoms with Crippen LogP contribution in [0.5, 0.6) is 0 Å². The standard InChI is InChI=1S/C19H21N7O2/c1-11-14(15(21)16-18(23-11)26-28-25-16)7-13-4-3-12(8-20)17(24-13)22-9-19(2)5-6-27-10-19/h3-4H,5-7,9-10,21H2,1-2H3,(H,22,24). The van der Waals surface area contributed by atoms with Crippen molar-refractivity contribution in [2.24, 2.45) is 5.41 Å². The van der Waals surface area contributed by atoms with Crippen molar-refractivity contribution in [3.05, 3.63) is 34.6 Å². The van der Waals surface area contributed by atoms with Crippen LogP contribution >= 0.6 is 0 Å². The number of fused-ring (bicyclic) bond motifs is 1.